The van der Waals surface area contributed by atoms with Crippen LogP contribution < -0.4 is 10.6 Å². The monoisotopic (exact) mass is 386 g/mol. The molecular formula is C15H29F3N4O2S. The fourth-order valence-corrected chi connectivity index (χ4v) is 3.76. The van der Waals surface area contributed by atoms with E-state index >= 15 is 0 Å². The van der Waals surface area contributed by atoms with Gasteiger partial charge in [-0.15, -0.1) is 0 Å². The SMILES string of the molecule is CCC(CC)CNC(=NC)NCC1CCN(S(=O)(=O)C(F)(F)F)CC1. The summed E-state index contributed by atoms with van der Waals surface area (Å²) in [6, 6.07) is 0. The maximum atomic E-state index is 12.6. The Hall–Kier alpha value is -1.03. The number of rotatable bonds is 7. The first kappa shape index (κ1) is 22.0. The molecular weight excluding hydrogens is 357 g/mol. The highest BCUT2D eigenvalue weighted by atomic mass is 32.2. The molecule has 0 atom stereocenters. The molecule has 1 fully saturated rings. The van der Waals surface area contributed by atoms with E-state index < -0.39 is 15.5 Å². The smallest absolute Gasteiger partial charge is 0.356 e. The molecule has 0 aliphatic carbocycles. The molecule has 0 unspecified atom stereocenters. The van der Waals surface area contributed by atoms with Crippen LogP contribution in [0.5, 0.6) is 0 Å². The Morgan fingerprint density at radius 1 is 1.20 bits per heavy atom. The molecule has 2 N–H and O–H groups in total. The number of hydrogen-bond acceptors (Lipinski definition) is 3. The molecule has 0 aromatic carbocycles. The third-order valence-electron chi connectivity index (χ3n) is 4.70. The van der Waals surface area contributed by atoms with Crippen LogP contribution in [0.4, 0.5) is 13.2 Å². The van der Waals surface area contributed by atoms with Crippen LogP contribution in [-0.4, -0.2) is 57.4 Å². The lowest BCUT2D eigenvalue weighted by Gasteiger charge is -2.31. The Balaban J connectivity index is 2.41. The molecule has 0 bridgehead atoms. The van der Waals surface area contributed by atoms with Crippen molar-refractivity contribution in [2.75, 3.05) is 33.2 Å². The molecule has 1 heterocycles. The molecule has 0 spiro atoms. The van der Waals surface area contributed by atoms with Gasteiger partial charge in [-0.2, -0.15) is 17.5 Å². The number of sulfonamides is 1. The zero-order valence-electron chi connectivity index (χ0n) is 15.1. The quantitative estimate of drug-likeness (QED) is 0.519. The van der Waals surface area contributed by atoms with Gasteiger partial charge in [-0.3, -0.25) is 4.99 Å². The van der Waals surface area contributed by atoms with E-state index in [1.165, 1.54) is 0 Å². The summed E-state index contributed by atoms with van der Waals surface area (Å²) in [4.78, 5) is 4.14. The van der Waals surface area contributed by atoms with Crippen LogP contribution >= 0.6 is 0 Å². The minimum atomic E-state index is -5.22. The molecule has 6 nitrogen and oxygen atoms in total. The van der Waals surface area contributed by atoms with Crippen LogP contribution in [0.25, 0.3) is 0 Å². The molecule has 148 valence electrons. The number of aliphatic imine (C=N–C) groups is 1. The van der Waals surface area contributed by atoms with Crippen molar-refractivity contribution < 1.29 is 21.6 Å². The molecule has 0 amide bonds. The van der Waals surface area contributed by atoms with Crippen molar-refractivity contribution >= 4 is 16.0 Å². The minimum absolute atomic E-state index is 0.103. The van der Waals surface area contributed by atoms with E-state index in [9.17, 15) is 21.6 Å². The highest BCUT2D eigenvalue weighted by molar-refractivity contribution is 7.90. The summed E-state index contributed by atoms with van der Waals surface area (Å²) in [5.74, 6) is 1.35. The van der Waals surface area contributed by atoms with Gasteiger partial charge in [0.15, 0.2) is 5.96 Å². The van der Waals surface area contributed by atoms with Crippen LogP contribution in [0.3, 0.4) is 0 Å². The second kappa shape index (κ2) is 9.61. The van der Waals surface area contributed by atoms with Crippen molar-refractivity contribution in [2.45, 2.75) is 45.0 Å². The summed E-state index contributed by atoms with van der Waals surface area (Å²) < 4.78 is 61.0. The van der Waals surface area contributed by atoms with Gasteiger partial charge in [-0.1, -0.05) is 26.7 Å². The van der Waals surface area contributed by atoms with Crippen molar-refractivity contribution in [1.82, 2.24) is 14.9 Å². The molecule has 1 aliphatic rings. The van der Waals surface area contributed by atoms with Gasteiger partial charge < -0.3 is 10.6 Å². The Morgan fingerprint density at radius 2 is 1.76 bits per heavy atom. The lowest BCUT2D eigenvalue weighted by molar-refractivity contribution is -0.0496. The van der Waals surface area contributed by atoms with E-state index in [0.29, 0.717) is 35.6 Å². The molecule has 0 aromatic rings. The van der Waals surface area contributed by atoms with Crippen LogP contribution in [0.15, 0.2) is 4.99 Å². The maximum absolute atomic E-state index is 12.6. The molecule has 25 heavy (non-hydrogen) atoms. The molecule has 0 radical (unpaired) electrons. The number of alkyl halides is 3. The third-order valence-corrected chi connectivity index (χ3v) is 6.33. The normalized spacial score (nSPS) is 18.6. The summed E-state index contributed by atoms with van der Waals surface area (Å²) in [6.45, 7) is 5.43. The number of guanidine groups is 1. The van der Waals surface area contributed by atoms with Crippen LogP contribution in [0.2, 0.25) is 0 Å². The van der Waals surface area contributed by atoms with Gasteiger partial charge >= 0.3 is 15.5 Å². The van der Waals surface area contributed by atoms with Gasteiger partial charge in [0.05, 0.1) is 0 Å². The van der Waals surface area contributed by atoms with E-state index in [-0.39, 0.29) is 19.0 Å². The Labute approximate surface area is 148 Å². The van der Waals surface area contributed by atoms with Gasteiger partial charge in [0.25, 0.3) is 0 Å². The molecule has 0 aromatic heterocycles. The van der Waals surface area contributed by atoms with Crippen LogP contribution in [0.1, 0.15) is 39.5 Å². The summed E-state index contributed by atoms with van der Waals surface area (Å²) in [5, 5.41) is 6.42. The van der Waals surface area contributed by atoms with Gasteiger partial charge in [0.2, 0.25) is 0 Å². The Kier molecular flexibility index (Phi) is 8.46. The predicted octanol–water partition coefficient (Wildman–Crippen LogP) is 2.15. The maximum Gasteiger partial charge on any atom is 0.511 e. The lowest BCUT2D eigenvalue weighted by atomic mass is 9.98. The topological polar surface area (TPSA) is 73.8 Å². The van der Waals surface area contributed by atoms with Crippen molar-refractivity contribution in [3.63, 3.8) is 0 Å². The van der Waals surface area contributed by atoms with Crippen molar-refractivity contribution in [3.05, 3.63) is 0 Å². The van der Waals surface area contributed by atoms with Crippen molar-refractivity contribution in [1.29, 1.82) is 0 Å². The van der Waals surface area contributed by atoms with Crippen molar-refractivity contribution in [3.8, 4) is 0 Å². The average molecular weight is 386 g/mol. The zero-order chi connectivity index (χ0) is 19.1. The fourth-order valence-electron chi connectivity index (χ4n) is 2.78. The van der Waals surface area contributed by atoms with Gasteiger partial charge in [0, 0.05) is 33.2 Å². The predicted molar refractivity (Wildman–Crippen MR) is 92.7 cm³/mol. The molecule has 1 rings (SSSR count). The van der Waals surface area contributed by atoms with Crippen molar-refractivity contribution in [2.24, 2.45) is 16.8 Å². The van der Waals surface area contributed by atoms with E-state index in [1.807, 2.05) is 0 Å². The first-order valence-corrected chi connectivity index (χ1v) is 10.1. The summed E-state index contributed by atoms with van der Waals surface area (Å²) in [5.41, 5.74) is -5.22. The highest BCUT2D eigenvalue weighted by Crippen LogP contribution is 2.30. The first-order valence-electron chi connectivity index (χ1n) is 8.66. The number of piperidine rings is 1. The Morgan fingerprint density at radius 3 is 2.20 bits per heavy atom. The van der Waals surface area contributed by atoms with Gasteiger partial charge in [-0.05, 0) is 24.7 Å². The number of nitrogens with one attached hydrogen (secondary N) is 2. The molecule has 1 saturated heterocycles. The minimum Gasteiger partial charge on any atom is -0.356 e. The largest absolute Gasteiger partial charge is 0.511 e. The van der Waals surface area contributed by atoms with Crippen LogP contribution in [-0.2, 0) is 10.0 Å². The third kappa shape index (κ3) is 6.32. The van der Waals surface area contributed by atoms with E-state index in [4.69, 9.17) is 0 Å². The lowest BCUT2D eigenvalue weighted by Crippen LogP contribution is -2.47. The van der Waals surface area contributed by atoms with E-state index in [2.05, 4.69) is 29.5 Å². The number of halogens is 3. The van der Waals surface area contributed by atoms with Gasteiger partial charge in [0.1, 0.15) is 0 Å². The standard InChI is InChI=1S/C15H29F3N4O2S/c1-4-12(5-2)10-20-14(19-3)21-11-13-6-8-22(9-7-13)25(23,24)15(16,17)18/h12-13H,4-11H2,1-3H3,(H2,19,20,21). The molecule has 0 saturated carbocycles. The number of hydrogen-bond donors (Lipinski definition) is 2. The van der Waals surface area contributed by atoms with E-state index in [0.717, 1.165) is 19.4 Å². The second-order valence-corrected chi connectivity index (χ2v) is 8.24. The Bertz CT molecular complexity index is 525. The molecule has 10 heteroatoms. The number of nitrogens with zero attached hydrogens (tertiary/aromatic N) is 2. The van der Waals surface area contributed by atoms with Gasteiger partial charge in [-0.25, -0.2) is 8.42 Å². The second-order valence-electron chi connectivity index (χ2n) is 6.31. The summed E-state index contributed by atoms with van der Waals surface area (Å²) in [7, 11) is -3.54. The zero-order valence-corrected chi connectivity index (χ0v) is 15.9. The highest BCUT2D eigenvalue weighted by Gasteiger charge is 2.50. The summed E-state index contributed by atoms with van der Waals surface area (Å²) >= 11 is 0. The first-order chi connectivity index (χ1) is 11.7. The van der Waals surface area contributed by atoms with Crippen LogP contribution in [0, 0.1) is 11.8 Å². The van der Waals surface area contributed by atoms with E-state index in [1.54, 1.807) is 7.05 Å². The fraction of sp³-hybridized carbons (Fsp3) is 0.933. The average Bonchev–Trinajstić information content (AvgIpc) is 2.57. The molecule has 1 aliphatic heterocycles. The summed E-state index contributed by atoms with van der Waals surface area (Å²) in [6.07, 6.45) is 2.94.